The van der Waals surface area contributed by atoms with Gasteiger partial charge in [0.1, 0.15) is 5.75 Å². The van der Waals surface area contributed by atoms with E-state index >= 15 is 0 Å². The molecule has 2 N–H and O–H groups in total. The molecule has 0 radical (unpaired) electrons. The van der Waals surface area contributed by atoms with Crippen LogP contribution in [0.15, 0.2) is 22.7 Å². The van der Waals surface area contributed by atoms with Gasteiger partial charge in [-0.2, -0.15) is 0 Å². The number of benzene rings is 1. The number of hydrogen-bond donors (Lipinski definition) is 1. The fraction of sp³-hybridized carbons (Fsp3) is 0.625. The predicted molar refractivity (Wildman–Crippen MR) is 88.9 cm³/mol. The molecule has 1 aromatic rings. The zero-order chi connectivity index (χ0) is 15.5. The van der Waals surface area contributed by atoms with Crippen LogP contribution in [0.1, 0.15) is 25.3 Å². The number of methoxy groups -OCH3 is 1. The lowest BCUT2D eigenvalue weighted by Gasteiger charge is -2.15. The molecule has 1 aromatic carbocycles. The summed E-state index contributed by atoms with van der Waals surface area (Å²) in [5, 5.41) is 0. The van der Waals surface area contributed by atoms with Crippen molar-refractivity contribution in [3.05, 3.63) is 28.2 Å². The highest BCUT2D eigenvalue weighted by Gasteiger charge is 2.08. The highest BCUT2D eigenvalue weighted by Crippen LogP contribution is 2.24. The Morgan fingerprint density at radius 3 is 2.71 bits per heavy atom. The van der Waals surface area contributed by atoms with E-state index in [1.54, 1.807) is 7.11 Å². The van der Waals surface area contributed by atoms with Gasteiger partial charge in [0.2, 0.25) is 0 Å². The van der Waals surface area contributed by atoms with Gasteiger partial charge in [-0.25, -0.2) is 0 Å². The molecule has 0 aliphatic rings. The van der Waals surface area contributed by atoms with E-state index in [1.165, 1.54) is 0 Å². The topological polar surface area (TPSA) is 53.7 Å². The Kier molecular flexibility index (Phi) is 9.67. The van der Waals surface area contributed by atoms with Gasteiger partial charge in [-0.15, -0.1) is 0 Å². The molecular weight excluding hydrogens is 334 g/mol. The zero-order valence-corrected chi connectivity index (χ0v) is 14.5. The average Bonchev–Trinajstić information content (AvgIpc) is 2.48. The van der Waals surface area contributed by atoms with Crippen LogP contribution in [0.3, 0.4) is 0 Å². The summed E-state index contributed by atoms with van der Waals surface area (Å²) in [6, 6.07) is 6.23. The van der Waals surface area contributed by atoms with Gasteiger partial charge in [0.15, 0.2) is 0 Å². The lowest BCUT2D eigenvalue weighted by molar-refractivity contribution is 0.0644. The molecule has 0 bridgehead atoms. The van der Waals surface area contributed by atoms with Crippen molar-refractivity contribution in [2.24, 2.45) is 5.73 Å². The molecule has 1 rings (SSSR count). The first-order valence-corrected chi connectivity index (χ1v) is 8.20. The van der Waals surface area contributed by atoms with E-state index < -0.39 is 0 Å². The highest BCUT2D eigenvalue weighted by molar-refractivity contribution is 9.10. The minimum atomic E-state index is 0.166. The maximum absolute atomic E-state index is 6.04. The molecule has 0 heterocycles. The third-order valence-corrected chi connectivity index (χ3v) is 3.64. The first-order chi connectivity index (χ1) is 10.2. The predicted octanol–water partition coefficient (Wildman–Crippen LogP) is 3.16. The van der Waals surface area contributed by atoms with Gasteiger partial charge in [-0.05, 0) is 36.6 Å². The van der Waals surface area contributed by atoms with E-state index in [-0.39, 0.29) is 6.04 Å². The van der Waals surface area contributed by atoms with E-state index in [0.717, 1.165) is 35.0 Å². The van der Waals surface area contributed by atoms with Crippen molar-refractivity contribution >= 4 is 15.9 Å². The first kappa shape index (κ1) is 18.4. The summed E-state index contributed by atoms with van der Waals surface area (Å²) in [6.07, 6.45) is 2.65. The molecule has 0 aliphatic heterocycles. The summed E-state index contributed by atoms with van der Waals surface area (Å²) >= 11 is 3.50. The zero-order valence-electron chi connectivity index (χ0n) is 12.9. The van der Waals surface area contributed by atoms with Crippen LogP contribution in [0.2, 0.25) is 0 Å². The molecule has 0 aromatic heterocycles. The van der Waals surface area contributed by atoms with Crippen LogP contribution in [0.5, 0.6) is 5.75 Å². The second-order valence-corrected chi connectivity index (χ2v) is 5.85. The Hall–Kier alpha value is -0.620. The molecule has 0 saturated carbocycles. The second kappa shape index (κ2) is 11.0. The summed E-state index contributed by atoms with van der Waals surface area (Å²) in [7, 11) is 1.67. The fourth-order valence-electron chi connectivity index (χ4n) is 1.86. The van der Waals surface area contributed by atoms with E-state index in [4.69, 9.17) is 19.9 Å². The third kappa shape index (κ3) is 7.81. The van der Waals surface area contributed by atoms with Crippen LogP contribution in [0.4, 0.5) is 0 Å². The molecule has 1 unspecified atom stereocenters. The fourth-order valence-corrected chi connectivity index (χ4v) is 2.27. The van der Waals surface area contributed by atoms with Crippen molar-refractivity contribution in [2.45, 2.75) is 32.2 Å². The Balaban J connectivity index is 2.39. The number of ether oxygens (including phenoxy) is 3. The summed E-state index contributed by atoms with van der Waals surface area (Å²) < 4.78 is 17.2. The summed E-state index contributed by atoms with van der Waals surface area (Å²) in [5.74, 6) is 0.916. The molecule has 0 saturated heterocycles. The van der Waals surface area contributed by atoms with E-state index in [2.05, 4.69) is 28.9 Å². The molecular formula is C16H26BrNO3. The molecule has 0 fully saturated rings. The summed E-state index contributed by atoms with van der Waals surface area (Å²) in [5.41, 5.74) is 7.20. The van der Waals surface area contributed by atoms with Crippen molar-refractivity contribution in [3.8, 4) is 5.75 Å². The van der Waals surface area contributed by atoms with E-state index in [9.17, 15) is 0 Å². The van der Waals surface area contributed by atoms with Crippen molar-refractivity contribution in [2.75, 3.05) is 33.5 Å². The van der Waals surface area contributed by atoms with Crippen LogP contribution < -0.4 is 10.5 Å². The van der Waals surface area contributed by atoms with Crippen molar-refractivity contribution in [1.29, 1.82) is 0 Å². The van der Waals surface area contributed by atoms with Gasteiger partial charge in [0.25, 0.3) is 0 Å². The van der Waals surface area contributed by atoms with Crippen LogP contribution in [0.25, 0.3) is 0 Å². The van der Waals surface area contributed by atoms with Crippen molar-refractivity contribution in [1.82, 2.24) is 0 Å². The quantitative estimate of drug-likeness (QED) is 0.616. The van der Waals surface area contributed by atoms with Gasteiger partial charge in [-0.3, -0.25) is 0 Å². The third-order valence-electron chi connectivity index (χ3n) is 3.15. The summed E-state index contributed by atoms with van der Waals surface area (Å²) in [4.78, 5) is 0. The Morgan fingerprint density at radius 1 is 1.19 bits per heavy atom. The number of nitrogens with two attached hydrogens (primary N) is 1. The molecule has 120 valence electrons. The van der Waals surface area contributed by atoms with Gasteiger partial charge < -0.3 is 19.9 Å². The first-order valence-electron chi connectivity index (χ1n) is 7.40. The van der Waals surface area contributed by atoms with Crippen LogP contribution in [-0.4, -0.2) is 39.6 Å². The van der Waals surface area contributed by atoms with Gasteiger partial charge in [0, 0.05) is 30.7 Å². The van der Waals surface area contributed by atoms with Crippen LogP contribution in [-0.2, 0) is 15.9 Å². The average molecular weight is 360 g/mol. The molecule has 5 heteroatoms. The number of halogens is 1. The molecule has 0 spiro atoms. The van der Waals surface area contributed by atoms with Crippen molar-refractivity contribution in [3.63, 3.8) is 0 Å². The monoisotopic (exact) mass is 359 g/mol. The molecule has 4 nitrogen and oxygen atoms in total. The lowest BCUT2D eigenvalue weighted by atomic mass is 10.0. The second-order valence-electron chi connectivity index (χ2n) is 4.93. The van der Waals surface area contributed by atoms with Gasteiger partial charge >= 0.3 is 0 Å². The lowest BCUT2D eigenvalue weighted by Crippen LogP contribution is -2.21. The summed E-state index contributed by atoms with van der Waals surface area (Å²) in [6.45, 7) is 4.69. The van der Waals surface area contributed by atoms with Gasteiger partial charge in [-0.1, -0.05) is 22.9 Å². The molecule has 1 atom stereocenters. The SMILES string of the molecule is CCC(N)Cc1cc(Br)ccc1OCCCOCCOC. The molecule has 0 aliphatic carbocycles. The van der Waals surface area contributed by atoms with Crippen LogP contribution in [0, 0.1) is 0 Å². The Bertz CT molecular complexity index is 401. The Morgan fingerprint density at radius 2 is 2.00 bits per heavy atom. The van der Waals surface area contributed by atoms with Gasteiger partial charge in [0.05, 0.1) is 19.8 Å². The van der Waals surface area contributed by atoms with E-state index in [0.29, 0.717) is 26.4 Å². The number of rotatable bonds is 11. The highest BCUT2D eigenvalue weighted by atomic mass is 79.9. The minimum absolute atomic E-state index is 0.166. The largest absolute Gasteiger partial charge is 0.493 e. The number of hydrogen-bond acceptors (Lipinski definition) is 4. The maximum atomic E-state index is 6.04. The molecule has 21 heavy (non-hydrogen) atoms. The van der Waals surface area contributed by atoms with Crippen LogP contribution >= 0.6 is 15.9 Å². The van der Waals surface area contributed by atoms with Crippen molar-refractivity contribution < 1.29 is 14.2 Å². The van der Waals surface area contributed by atoms with E-state index in [1.807, 2.05) is 12.1 Å². The Labute approximate surface area is 136 Å². The normalized spacial score (nSPS) is 12.4. The smallest absolute Gasteiger partial charge is 0.122 e. The maximum Gasteiger partial charge on any atom is 0.122 e. The molecule has 0 amide bonds. The minimum Gasteiger partial charge on any atom is -0.493 e. The standard InChI is InChI=1S/C16H26BrNO3/c1-3-15(18)12-13-11-14(17)5-6-16(13)21-8-4-7-20-10-9-19-2/h5-6,11,15H,3-4,7-10,12,18H2,1-2H3.